The van der Waals surface area contributed by atoms with Crippen LogP contribution in [-0.2, 0) is 11.2 Å². The van der Waals surface area contributed by atoms with Gasteiger partial charge in [-0.15, -0.1) is 0 Å². The second-order valence-electron chi connectivity index (χ2n) is 5.94. The molecule has 4 heteroatoms. The van der Waals surface area contributed by atoms with Crippen molar-refractivity contribution >= 4 is 5.91 Å². The number of amides is 1. The van der Waals surface area contributed by atoms with Gasteiger partial charge in [-0.3, -0.25) is 4.79 Å². The van der Waals surface area contributed by atoms with Crippen LogP contribution in [0.4, 0.5) is 0 Å². The normalized spacial score (nSPS) is 19.1. The van der Waals surface area contributed by atoms with Gasteiger partial charge in [0, 0.05) is 6.42 Å². The molecule has 0 radical (unpaired) electrons. The first-order chi connectivity index (χ1) is 10.8. The number of nitrogens with two attached hydrogens (primary N) is 1. The van der Waals surface area contributed by atoms with E-state index in [9.17, 15) is 4.79 Å². The van der Waals surface area contributed by atoms with E-state index in [-0.39, 0.29) is 30.4 Å². The number of carbonyl (C=O) groups is 1. The monoisotopic (exact) mass is 330 g/mol. The zero-order valence-electron chi connectivity index (χ0n) is 13.4. The van der Waals surface area contributed by atoms with Crippen molar-refractivity contribution in [2.75, 3.05) is 13.1 Å². The van der Waals surface area contributed by atoms with Crippen molar-refractivity contribution in [2.45, 2.75) is 25.4 Å². The Morgan fingerprint density at radius 3 is 2.35 bits per heavy atom. The summed E-state index contributed by atoms with van der Waals surface area (Å²) in [5.41, 5.74) is 2.43. The van der Waals surface area contributed by atoms with Gasteiger partial charge in [0.05, 0.1) is 19.1 Å². The van der Waals surface area contributed by atoms with Gasteiger partial charge in [0.1, 0.15) is 0 Å². The molecule has 1 aliphatic rings. The zero-order chi connectivity index (χ0) is 15.4. The van der Waals surface area contributed by atoms with Gasteiger partial charge in [0.25, 0.3) is 5.91 Å². The summed E-state index contributed by atoms with van der Waals surface area (Å²) in [6, 6.07) is 20.7. The predicted octanol–water partition coefficient (Wildman–Crippen LogP) is -1.23. The summed E-state index contributed by atoms with van der Waals surface area (Å²) in [6.45, 7) is 3.92. The van der Waals surface area contributed by atoms with E-state index in [1.807, 2.05) is 41.3 Å². The van der Waals surface area contributed by atoms with Crippen LogP contribution in [0, 0.1) is 0 Å². The maximum absolute atomic E-state index is 12.8. The van der Waals surface area contributed by atoms with E-state index in [0.717, 1.165) is 19.5 Å². The molecule has 23 heavy (non-hydrogen) atoms. The van der Waals surface area contributed by atoms with Crippen molar-refractivity contribution in [3.8, 4) is 0 Å². The molecule has 2 aromatic carbocycles. The average Bonchev–Trinajstić information content (AvgIpc) is 2.58. The Hall–Kier alpha value is -1.84. The molecule has 0 saturated carbocycles. The summed E-state index contributed by atoms with van der Waals surface area (Å²) in [5, 5.41) is 2.18. The third-order valence-corrected chi connectivity index (χ3v) is 4.47. The van der Waals surface area contributed by atoms with Crippen molar-refractivity contribution in [3.63, 3.8) is 0 Å². The molecule has 1 amide bonds. The molecule has 0 bridgehead atoms. The molecule has 0 unspecified atom stereocenters. The Morgan fingerprint density at radius 1 is 1.09 bits per heavy atom. The number of nitrogens with zero attached hydrogens (tertiary/aromatic N) is 1. The van der Waals surface area contributed by atoms with Crippen molar-refractivity contribution < 1.29 is 22.5 Å². The third kappa shape index (κ3) is 4.12. The third-order valence-electron chi connectivity index (χ3n) is 4.47. The molecular formula is C19H23ClN2O. The maximum Gasteiger partial charge on any atom is 0.281 e. The van der Waals surface area contributed by atoms with Crippen LogP contribution in [0.3, 0.4) is 0 Å². The molecular weight excluding hydrogens is 308 g/mol. The molecule has 2 atom stereocenters. The smallest absolute Gasteiger partial charge is 0.281 e. The molecule has 1 fully saturated rings. The van der Waals surface area contributed by atoms with Crippen LogP contribution in [0.5, 0.6) is 0 Å². The van der Waals surface area contributed by atoms with Crippen LogP contribution < -0.4 is 17.7 Å². The molecule has 0 aliphatic carbocycles. The Bertz CT molecular complexity index is 618. The van der Waals surface area contributed by atoms with Crippen molar-refractivity contribution in [2.24, 2.45) is 0 Å². The lowest BCUT2D eigenvalue weighted by atomic mass is 10.00. The minimum absolute atomic E-state index is 0. The lowest BCUT2D eigenvalue weighted by molar-refractivity contribution is -0.683. The highest BCUT2D eigenvalue weighted by Gasteiger charge is 2.34. The first-order valence-electron chi connectivity index (χ1n) is 7.98. The first-order valence-corrected chi connectivity index (χ1v) is 7.98. The predicted molar refractivity (Wildman–Crippen MR) is 87.3 cm³/mol. The Labute approximate surface area is 144 Å². The lowest BCUT2D eigenvalue weighted by Gasteiger charge is -2.35. The molecule has 1 aliphatic heterocycles. The average molecular weight is 331 g/mol. The van der Waals surface area contributed by atoms with Crippen LogP contribution in [0.15, 0.2) is 60.7 Å². The summed E-state index contributed by atoms with van der Waals surface area (Å²) in [5.74, 6) is 0.256. The van der Waals surface area contributed by atoms with Gasteiger partial charge in [0.15, 0.2) is 6.04 Å². The zero-order valence-corrected chi connectivity index (χ0v) is 14.1. The second-order valence-corrected chi connectivity index (χ2v) is 5.94. The fraction of sp³-hybridized carbons (Fsp3) is 0.316. The van der Waals surface area contributed by atoms with Crippen molar-refractivity contribution in [3.05, 3.63) is 71.8 Å². The molecule has 0 aromatic heterocycles. The molecule has 122 valence electrons. The largest absolute Gasteiger partial charge is 1.00 e. The number of rotatable bonds is 4. The molecule has 1 saturated heterocycles. The van der Waals surface area contributed by atoms with E-state index in [4.69, 9.17) is 0 Å². The SMILES string of the molecule is C[C@@H](c1ccccc1)N1CC[NH2+][C@H](Cc2ccccc2)C1=O.[Cl-]. The van der Waals surface area contributed by atoms with Crippen LogP contribution in [0.25, 0.3) is 0 Å². The summed E-state index contributed by atoms with van der Waals surface area (Å²) in [7, 11) is 0. The molecule has 0 spiro atoms. The first kappa shape index (κ1) is 17.5. The standard InChI is InChI=1S/C19H22N2O.ClH/c1-15(17-10-6-3-7-11-17)21-13-12-20-18(19(21)22)14-16-8-4-2-5-9-16;/h2-11,15,18,20H,12-14H2,1H3;1H/t15-,18+;/m0./s1. The van der Waals surface area contributed by atoms with E-state index in [1.54, 1.807) is 0 Å². The summed E-state index contributed by atoms with van der Waals surface area (Å²) in [6.07, 6.45) is 0.803. The molecule has 2 N–H and O–H groups in total. The fourth-order valence-electron chi connectivity index (χ4n) is 3.17. The number of hydrogen-bond donors (Lipinski definition) is 1. The van der Waals surface area contributed by atoms with E-state index in [2.05, 4.69) is 36.5 Å². The van der Waals surface area contributed by atoms with Crippen LogP contribution in [0.1, 0.15) is 24.1 Å². The van der Waals surface area contributed by atoms with Crippen LogP contribution in [-0.4, -0.2) is 29.9 Å². The van der Waals surface area contributed by atoms with Crippen molar-refractivity contribution in [1.29, 1.82) is 0 Å². The highest BCUT2D eigenvalue weighted by atomic mass is 35.5. The van der Waals surface area contributed by atoms with Gasteiger partial charge in [-0.05, 0) is 18.1 Å². The quantitative estimate of drug-likeness (QED) is 0.749. The number of quaternary nitrogens is 1. The van der Waals surface area contributed by atoms with E-state index < -0.39 is 0 Å². The molecule has 1 heterocycles. The fourth-order valence-corrected chi connectivity index (χ4v) is 3.17. The van der Waals surface area contributed by atoms with Gasteiger partial charge in [-0.1, -0.05) is 60.7 Å². The Morgan fingerprint density at radius 2 is 1.70 bits per heavy atom. The van der Waals surface area contributed by atoms with Gasteiger partial charge >= 0.3 is 0 Å². The number of carbonyl (C=O) groups excluding carboxylic acids is 1. The maximum atomic E-state index is 12.8. The number of halogens is 1. The van der Waals surface area contributed by atoms with Crippen molar-refractivity contribution in [1.82, 2.24) is 4.90 Å². The Balaban J connectivity index is 0.00000192. The number of piperazine rings is 1. The molecule has 2 aromatic rings. The van der Waals surface area contributed by atoms with E-state index >= 15 is 0 Å². The lowest BCUT2D eigenvalue weighted by Crippen LogP contribution is -3.00. The van der Waals surface area contributed by atoms with E-state index in [1.165, 1.54) is 11.1 Å². The summed E-state index contributed by atoms with van der Waals surface area (Å²) < 4.78 is 0. The number of benzene rings is 2. The van der Waals surface area contributed by atoms with Gasteiger partial charge in [0.2, 0.25) is 0 Å². The number of hydrogen-bond acceptors (Lipinski definition) is 1. The summed E-state index contributed by atoms with van der Waals surface area (Å²) >= 11 is 0. The second kappa shape index (κ2) is 8.14. The summed E-state index contributed by atoms with van der Waals surface area (Å²) in [4.78, 5) is 14.9. The Kier molecular flexibility index (Phi) is 6.20. The highest BCUT2D eigenvalue weighted by molar-refractivity contribution is 5.81. The van der Waals surface area contributed by atoms with Gasteiger partial charge < -0.3 is 22.6 Å². The van der Waals surface area contributed by atoms with Crippen LogP contribution >= 0.6 is 0 Å². The van der Waals surface area contributed by atoms with Crippen LogP contribution in [0.2, 0.25) is 0 Å². The topological polar surface area (TPSA) is 36.9 Å². The highest BCUT2D eigenvalue weighted by Crippen LogP contribution is 2.21. The van der Waals surface area contributed by atoms with E-state index in [0.29, 0.717) is 0 Å². The minimum Gasteiger partial charge on any atom is -1.00 e. The molecule has 3 rings (SSSR count). The van der Waals surface area contributed by atoms with Gasteiger partial charge in [-0.25, -0.2) is 0 Å². The molecule has 3 nitrogen and oxygen atoms in total. The van der Waals surface area contributed by atoms with Gasteiger partial charge in [-0.2, -0.15) is 0 Å². The minimum atomic E-state index is 0.